The van der Waals surface area contributed by atoms with Crippen LogP contribution in [0.15, 0.2) is 46.9 Å². The molecule has 0 fully saturated rings. The standard InChI is InChI=1S/C14H10BrNO4/c1-9(17)13-4-2-3-5-14(13)20-12-7-10(15)6-11(8-12)16(18)19/h2-8H,1H3. The van der Waals surface area contributed by atoms with Gasteiger partial charge in [0.15, 0.2) is 5.78 Å². The van der Waals surface area contributed by atoms with Crippen LogP contribution in [-0.2, 0) is 0 Å². The molecule has 0 saturated heterocycles. The van der Waals surface area contributed by atoms with Crippen molar-refractivity contribution in [1.29, 1.82) is 0 Å². The molecule has 2 rings (SSSR count). The molecule has 6 heteroatoms. The zero-order valence-electron chi connectivity index (χ0n) is 10.5. The van der Waals surface area contributed by atoms with E-state index in [0.29, 0.717) is 21.5 Å². The first kappa shape index (κ1) is 14.2. The van der Waals surface area contributed by atoms with Crippen molar-refractivity contribution in [2.24, 2.45) is 0 Å². The summed E-state index contributed by atoms with van der Waals surface area (Å²) in [7, 11) is 0. The lowest BCUT2D eigenvalue weighted by Crippen LogP contribution is -1.97. The number of halogens is 1. The smallest absolute Gasteiger partial charge is 0.274 e. The van der Waals surface area contributed by atoms with Crippen molar-refractivity contribution >= 4 is 27.4 Å². The number of nitrogens with zero attached hydrogens (tertiary/aromatic N) is 1. The van der Waals surface area contributed by atoms with Crippen LogP contribution in [0.2, 0.25) is 0 Å². The number of carbonyl (C=O) groups is 1. The number of para-hydroxylation sites is 1. The van der Waals surface area contributed by atoms with Crippen molar-refractivity contribution in [2.45, 2.75) is 6.92 Å². The van der Waals surface area contributed by atoms with E-state index in [9.17, 15) is 14.9 Å². The lowest BCUT2D eigenvalue weighted by atomic mass is 10.1. The Labute approximate surface area is 123 Å². The fourth-order valence-corrected chi connectivity index (χ4v) is 2.15. The fourth-order valence-electron chi connectivity index (χ4n) is 1.69. The summed E-state index contributed by atoms with van der Waals surface area (Å²) < 4.78 is 6.12. The second-order valence-electron chi connectivity index (χ2n) is 4.06. The molecule has 0 radical (unpaired) electrons. The number of ketones is 1. The van der Waals surface area contributed by atoms with Crippen molar-refractivity contribution in [2.75, 3.05) is 0 Å². The second kappa shape index (κ2) is 5.83. The molecule has 0 amide bonds. The Bertz CT molecular complexity index is 685. The van der Waals surface area contributed by atoms with Crippen LogP contribution in [0.25, 0.3) is 0 Å². The Morgan fingerprint density at radius 1 is 1.25 bits per heavy atom. The van der Waals surface area contributed by atoms with Crippen molar-refractivity contribution in [3.63, 3.8) is 0 Å². The van der Waals surface area contributed by atoms with Crippen molar-refractivity contribution in [3.8, 4) is 11.5 Å². The Hall–Kier alpha value is -2.21. The van der Waals surface area contributed by atoms with Crippen molar-refractivity contribution < 1.29 is 14.5 Å². The minimum Gasteiger partial charge on any atom is -0.456 e. The van der Waals surface area contributed by atoms with Gasteiger partial charge in [-0.15, -0.1) is 0 Å². The number of ether oxygens (including phenoxy) is 1. The molecule has 5 nitrogen and oxygen atoms in total. The van der Waals surface area contributed by atoms with Gasteiger partial charge in [-0.2, -0.15) is 0 Å². The lowest BCUT2D eigenvalue weighted by Gasteiger charge is -2.09. The van der Waals surface area contributed by atoms with Crippen LogP contribution in [0.1, 0.15) is 17.3 Å². The molecule has 0 aromatic heterocycles. The van der Waals surface area contributed by atoms with Gasteiger partial charge in [0.2, 0.25) is 0 Å². The van der Waals surface area contributed by atoms with Gasteiger partial charge in [-0.05, 0) is 25.1 Å². The number of hydrogen-bond donors (Lipinski definition) is 0. The van der Waals surface area contributed by atoms with Gasteiger partial charge in [-0.3, -0.25) is 14.9 Å². The largest absolute Gasteiger partial charge is 0.456 e. The van der Waals surface area contributed by atoms with E-state index in [2.05, 4.69) is 15.9 Å². The van der Waals surface area contributed by atoms with E-state index in [1.807, 2.05) is 0 Å². The fraction of sp³-hybridized carbons (Fsp3) is 0.0714. The summed E-state index contributed by atoms with van der Waals surface area (Å²) >= 11 is 3.19. The highest BCUT2D eigenvalue weighted by Gasteiger charge is 2.13. The third kappa shape index (κ3) is 3.21. The molecule has 2 aromatic rings. The van der Waals surface area contributed by atoms with Gasteiger partial charge in [0, 0.05) is 10.5 Å². The van der Waals surface area contributed by atoms with Crippen LogP contribution < -0.4 is 4.74 Å². The summed E-state index contributed by atoms with van der Waals surface area (Å²) in [5.74, 6) is 0.525. The molecule has 0 aliphatic heterocycles. The Balaban J connectivity index is 2.40. The number of benzene rings is 2. The van der Waals surface area contributed by atoms with Crippen molar-refractivity contribution in [1.82, 2.24) is 0 Å². The van der Waals surface area contributed by atoms with Crippen molar-refractivity contribution in [3.05, 3.63) is 62.6 Å². The number of non-ortho nitro benzene ring substituents is 1. The third-order valence-corrected chi connectivity index (χ3v) is 3.02. The summed E-state index contributed by atoms with van der Waals surface area (Å²) in [6.07, 6.45) is 0. The molecule has 0 aliphatic carbocycles. The Kier molecular flexibility index (Phi) is 4.14. The molecule has 0 spiro atoms. The molecule has 0 saturated carbocycles. The van der Waals surface area contributed by atoms with Gasteiger partial charge in [0.1, 0.15) is 11.5 Å². The van der Waals surface area contributed by atoms with Gasteiger partial charge in [-0.25, -0.2) is 0 Å². The van der Waals surface area contributed by atoms with Crippen LogP contribution in [0.4, 0.5) is 5.69 Å². The minimum absolute atomic E-state index is 0.0883. The van der Waals surface area contributed by atoms with Gasteiger partial charge in [0.05, 0.1) is 16.6 Å². The SMILES string of the molecule is CC(=O)c1ccccc1Oc1cc(Br)cc([N+](=O)[O-])c1. The third-order valence-electron chi connectivity index (χ3n) is 2.56. The molecule has 0 N–H and O–H groups in total. The van der Waals surface area contributed by atoms with Crippen LogP contribution in [-0.4, -0.2) is 10.7 Å². The van der Waals surface area contributed by atoms with Gasteiger partial charge in [0.25, 0.3) is 5.69 Å². The molecular formula is C14H10BrNO4. The maximum absolute atomic E-state index is 11.5. The van der Waals surface area contributed by atoms with Crippen LogP contribution in [0, 0.1) is 10.1 Å². The summed E-state index contributed by atoms with van der Waals surface area (Å²) in [4.78, 5) is 21.8. The Morgan fingerprint density at radius 3 is 2.60 bits per heavy atom. The average molecular weight is 336 g/mol. The van der Waals surface area contributed by atoms with E-state index in [1.54, 1.807) is 30.3 Å². The van der Waals surface area contributed by atoms with E-state index in [0.717, 1.165) is 0 Å². The molecule has 102 valence electrons. The number of carbonyl (C=O) groups excluding carboxylic acids is 1. The van der Waals surface area contributed by atoms with Gasteiger partial charge in [-0.1, -0.05) is 28.1 Å². The monoisotopic (exact) mass is 335 g/mol. The predicted molar refractivity (Wildman–Crippen MR) is 77.3 cm³/mol. The molecule has 0 bridgehead atoms. The molecule has 0 heterocycles. The first-order valence-electron chi connectivity index (χ1n) is 5.70. The summed E-state index contributed by atoms with van der Waals surface area (Å²) in [6, 6.07) is 11.0. The normalized spacial score (nSPS) is 10.1. The lowest BCUT2D eigenvalue weighted by molar-refractivity contribution is -0.385. The minimum atomic E-state index is -0.505. The number of nitro groups is 1. The molecule has 0 unspecified atom stereocenters. The summed E-state index contributed by atoms with van der Waals surface area (Å²) in [6.45, 7) is 1.44. The molecular weight excluding hydrogens is 326 g/mol. The molecule has 0 atom stereocenters. The van der Waals surface area contributed by atoms with E-state index in [4.69, 9.17) is 4.74 Å². The first-order valence-corrected chi connectivity index (χ1v) is 6.49. The topological polar surface area (TPSA) is 69.4 Å². The Morgan fingerprint density at radius 2 is 1.95 bits per heavy atom. The number of rotatable bonds is 4. The van der Waals surface area contributed by atoms with E-state index in [-0.39, 0.29) is 11.5 Å². The molecule has 20 heavy (non-hydrogen) atoms. The van der Waals surface area contributed by atoms with Gasteiger partial charge < -0.3 is 4.74 Å². The maximum atomic E-state index is 11.5. The first-order chi connectivity index (χ1) is 9.47. The number of Topliss-reactive ketones (excluding diaryl/α,β-unsaturated/α-hetero) is 1. The van der Waals surface area contributed by atoms with Crippen LogP contribution >= 0.6 is 15.9 Å². The highest BCUT2D eigenvalue weighted by Crippen LogP contribution is 2.31. The quantitative estimate of drug-likeness (QED) is 0.473. The summed E-state index contributed by atoms with van der Waals surface area (Å²) in [5.41, 5.74) is 0.338. The average Bonchev–Trinajstić information content (AvgIpc) is 2.38. The zero-order valence-corrected chi connectivity index (χ0v) is 12.1. The van der Waals surface area contributed by atoms with Gasteiger partial charge >= 0.3 is 0 Å². The second-order valence-corrected chi connectivity index (χ2v) is 4.97. The van der Waals surface area contributed by atoms with E-state index in [1.165, 1.54) is 19.1 Å². The predicted octanol–water partition coefficient (Wildman–Crippen LogP) is 4.35. The molecule has 0 aliphatic rings. The number of hydrogen-bond acceptors (Lipinski definition) is 4. The maximum Gasteiger partial charge on any atom is 0.274 e. The zero-order chi connectivity index (χ0) is 14.7. The highest BCUT2D eigenvalue weighted by atomic mass is 79.9. The highest BCUT2D eigenvalue weighted by molar-refractivity contribution is 9.10. The number of nitro benzene ring substituents is 1. The van der Waals surface area contributed by atoms with E-state index >= 15 is 0 Å². The van der Waals surface area contributed by atoms with Crippen LogP contribution in [0.3, 0.4) is 0 Å². The van der Waals surface area contributed by atoms with E-state index < -0.39 is 4.92 Å². The van der Waals surface area contributed by atoms with Crippen LogP contribution in [0.5, 0.6) is 11.5 Å². The summed E-state index contributed by atoms with van der Waals surface area (Å²) in [5, 5.41) is 10.8. The molecule has 2 aromatic carbocycles.